The van der Waals surface area contributed by atoms with E-state index in [4.69, 9.17) is 4.74 Å². The summed E-state index contributed by atoms with van der Waals surface area (Å²) in [4.78, 5) is 0. The fourth-order valence-electron chi connectivity index (χ4n) is 1.52. The maximum Gasteiger partial charge on any atom is 0.118 e. The van der Waals surface area contributed by atoms with Crippen molar-refractivity contribution >= 4 is 15.9 Å². The molecule has 3 nitrogen and oxygen atoms in total. The number of nitrogens with zero attached hydrogens (tertiary/aromatic N) is 2. The summed E-state index contributed by atoms with van der Waals surface area (Å²) in [6, 6.07) is 10.1. The molecule has 84 valence electrons. The average Bonchev–Trinajstić information content (AvgIpc) is 2.77. The highest BCUT2D eigenvalue weighted by Gasteiger charge is 2.01. The van der Waals surface area contributed by atoms with Crippen LogP contribution in [-0.4, -0.2) is 16.9 Å². The first kappa shape index (κ1) is 11.2. The summed E-state index contributed by atoms with van der Waals surface area (Å²) in [6.45, 7) is 0.790. The number of aromatic nitrogens is 2. The molecule has 0 fully saturated rings. The molecule has 0 atom stereocenters. The molecule has 0 saturated carbocycles. The highest BCUT2D eigenvalue weighted by Crippen LogP contribution is 2.13. The monoisotopic (exact) mass is 280 g/mol. The van der Waals surface area contributed by atoms with Gasteiger partial charge in [-0.25, -0.2) is 0 Å². The van der Waals surface area contributed by atoms with Crippen LogP contribution in [0.5, 0.6) is 5.75 Å². The zero-order chi connectivity index (χ0) is 11.4. The van der Waals surface area contributed by atoms with E-state index >= 15 is 0 Å². The van der Waals surface area contributed by atoms with Crippen LogP contribution in [0.4, 0.5) is 0 Å². The predicted molar refractivity (Wildman–Crippen MR) is 67.0 cm³/mol. The van der Waals surface area contributed by atoms with E-state index in [0.717, 1.165) is 17.6 Å². The van der Waals surface area contributed by atoms with Gasteiger partial charge in [-0.05, 0) is 23.8 Å². The molecule has 0 spiro atoms. The molecule has 2 rings (SSSR count). The van der Waals surface area contributed by atoms with Crippen LogP contribution >= 0.6 is 15.9 Å². The lowest BCUT2D eigenvalue weighted by atomic mass is 10.2. The topological polar surface area (TPSA) is 27.1 Å². The number of rotatable bonds is 4. The summed E-state index contributed by atoms with van der Waals surface area (Å²) < 4.78 is 7.10. The van der Waals surface area contributed by atoms with Crippen molar-refractivity contribution in [3.05, 3.63) is 47.8 Å². The van der Waals surface area contributed by atoms with Gasteiger partial charge in [0.2, 0.25) is 0 Å². The van der Waals surface area contributed by atoms with Crippen LogP contribution in [0.25, 0.3) is 0 Å². The van der Waals surface area contributed by atoms with Gasteiger partial charge in [0.15, 0.2) is 0 Å². The minimum Gasteiger partial charge on any atom is -0.497 e. The number of hydrogen-bond acceptors (Lipinski definition) is 2. The van der Waals surface area contributed by atoms with E-state index in [0.29, 0.717) is 0 Å². The predicted octanol–water partition coefficient (Wildman–Crippen LogP) is 2.83. The van der Waals surface area contributed by atoms with Crippen molar-refractivity contribution in [3.63, 3.8) is 0 Å². The molecule has 2 aromatic rings. The molecule has 1 aromatic heterocycles. The smallest absolute Gasteiger partial charge is 0.118 e. The minimum atomic E-state index is 0.790. The van der Waals surface area contributed by atoms with E-state index in [2.05, 4.69) is 33.2 Å². The molecule has 1 heterocycles. The van der Waals surface area contributed by atoms with Gasteiger partial charge < -0.3 is 4.74 Å². The molecule has 1 aromatic carbocycles. The molecule has 0 aliphatic rings. The van der Waals surface area contributed by atoms with Crippen LogP contribution in [0.2, 0.25) is 0 Å². The third kappa shape index (κ3) is 2.44. The molecule has 4 heteroatoms. The zero-order valence-corrected chi connectivity index (χ0v) is 10.6. The Labute approximate surface area is 103 Å². The molecule has 0 saturated heterocycles. The van der Waals surface area contributed by atoms with Crippen LogP contribution < -0.4 is 4.74 Å². The molecule has 0 bridgehead atoms. The second kappa shape index (κ2) is 5.16. The quantitative estimate of drug-likeness (QED) is 0.806. The second-order valence-corrected chi connectivity index (χ2v) is 4.02. The summed E-state index contributed by atoms with van der Waals surface area (Å²) in [5.41, 5.74) is 2.39. The molecule has 0 aliphatic heterocycles. The average molecular weight is 281 g/mol. The number of hydrogen-bond donors (Lipinski definition) is 0. The Hall–Kier alpha value is -1.29. The van der Waals surface area contributed by atoms with Gasteiger partial charge >= 0.3 is 0 Å². The number of ether oxygens (including phenoxy) is 1. The zero-order valence-electron chi connectivity index (χ0n) is 9.06. The highest BCUT2D eigenvalue weighted by atomic mass is 79.9. The summed E-state index contributed by atoms with van der Waals surface area (Å²) in [7, 11) is 1.67. The van der Waals surface area contributed by atoms with E-state index in [1.165, 1.54) is 11.3 Å². The molecule has 0 unspecified atom stereocenters. The maximum atomic E-state index is 5.12. The first-order valence-electron chi connectivity index (χ1n) is 5.03. The Kier molecular flexibility index (Phi) is 3.62. The summed E-state index contributed by atoms with van der Waals surface area (Å²) >= 11 is 3.44. The van der Waals surface area contributed by atoms with Crippen LogP contribution in [0.15, 0.2) is 36.5 Å². The van der Waals surface area contributed by atoms with Gasteiger partial charge in [0, 0.05) is 17.2 Å². The van der Waals surface area contributed by atoms with Crippen molar-refractivity contribution < 1.29 is 4.74 Å². The van der Waals surface area contributed by atoms with E-state index < -0.39 is 0 Å². The molecular formula is C12H13BrN2O. The Balaban J connectivity index is 2.14. The van der Waals surface area contributed by atoms with E-state index in [1.807, 2.05) is 29.1 Å². The van der Waals surface area contributed by atoms with Crippen LogP contribution in [0.1, 0.15) is 11.3 Å². The van der Waals surface area contributed by atoms with E-state index in [-0.39, 0.29) is 0 Å². The van der Waals surface area contributed by atoms with Gasteiger partial charge in [-0.2, -0.15) is 5.10 Å². The van der Waals surface area contributed by atoms with Crippen molar-refractivity contribution in [2.75, 3.05) is 7.11 Å². The van der Waals surface area contributed by atoms with Gasteiger partial charge in [-0.3, -0.25) is 4.68 Å². The SMILES string of the molecule is COc1ccc(Cn2nccc2CBr)cc1. The molecular weight excluding hydrogens is 268 g/mol. The standard InChI is InChI=1S/C12H13BrN2O/c1-16-12-4-2-10(3-5-12)9-15-11(8-13)6-7-14-15/h2-7H,8-9H2,1H3. The second-order valence-electron chi connectivity index (χ2n) is 3.46. The summed E-state index contributed by atoms with van der Waals surface area (Å²) in [5.74, 6) is 0.880. The van der Waals surface area contributed by atoms with Gasteiger partial charge in [0.25, 0.3) is 0 Å². The molecule has 0 radical (unpaired) electrons. The van der Waals surface area contributed by atoms with Gasteiger partial charge in [0.1, 0.15) is 5.75 Å². The highest BCUT2D eigenvalue weighted by molar-refractivity contribution is 9.08. The Bertz CT molecular complexity index is 450. The Morgan fingerprint density at radius 2 is 2.00 bits per heavy atom. The van der Waals surface area contributed by atoms with Crippen molar-refractivity contribution in [3.8, 4) is 5.75 Å². The number of benzene rings is 1. The van der Waals surface area contributed by atoms with Gasteiger partial charge in [0.05, 0.1) is 13.7 Å². The van der Waals surface area contributed by atoms with Crippen molar-refractivity contribution in [1.82, 2.24) is 9.78 Å². The normalized spacial score (nSPS) is 10.4. The molecule has 16 heavy (non-hydrogen) atoms. The van der Waals surface area contributed by atoms with Crippen LogP contribution in [0.3, 0.4) is 0 Å². The van der Waals surface area contributed by atoms with Crippen LogP contribution in [0, 0.1) is 0 Å². The molecule has 0 amide bonds. The van der Waals surface area contributed by atoms with Gasteiger partial charge in [-0.1, -0.05) is 28.1 Å². The van der Waals surface area contributed by atoms with Crippen LogP contribution in [-0.2, 0) is 11.9 Å². The van der Waals surface area contributed by atoms with Crippen molar-refractivity contribution in [2.24, 2.45) is 0 Å². The fourth-order valence-corrected chi connectivity index (χ4v) is 2.00. The number of alkyl halides is 1. The minimum absolute atomic E-state index is 0.790. The maximum absolute atomic E-state index is 5.12. The lowest BCUT2D eigenvalue weighted by Crippen LogP contribution is -2.04. The first-order valence-corrected chi connectivity index (χ1v) is 6.15. The fraction of sp³-hybridized carbons (Fsp3) is 0.250. The third-order valence-corrected chi connectivity index (χ3v) is 3.01. The number of methoxy groups -OCH3 is 1. The summed E-state index contributed by atoms with van der Waals surface area (Å²) in [6.07, 6.45) is 1.82. The lowest BCUT2D eigenvalue weighted by Gasteiger charge is -2.06. The van der Waals surface area contributed by atoms with Crippen molar-refractivity contribution in [1.29, 1.82) is 0 Å². The third-order valence-electron chi connectivity index (χ3n) is 2.43. The lowest BCUT2D eigenvalue weighted by molar-refractivity contribution is 0.414. The molecule has 0 aliphatic carbocycles. The Morgan fingerprint density at radius 3 is 2.62 bits per heavy atom. The largest absolute Gasteiger partial charge is 0.497 e. The van der Waals surface area contributed by atoms with E-state index in [9.17, 15) is 0 Å². The Morgan fingerprint density at radius 1 is 1.25 bits per heavy atom. The van der Waals surface area contributed by atoms with Crippen molar-refractivity contribution in [2.45, 2.75) is 11.9 Å². The molecule has 0 N–H and O–H groups in total. The van der Waals surface area contributed by atoms with E-state index in [1.54, 1.807) is 7.11 Å². The summed E-state index contributed by atoms with van der Waals surface area (Å²) in [5, 5.41) is 5.10. The number of halogens is 1. The first-order chi connectivity index (χ1) is 7.83. The van der Waals surface area contributed by atoms with Gasteiger partial charge in [-0.15, -0.1) is 0 Å².